The van der Waals surface area contributed by atoms with E-state index in [2.05, 4.69) is 56.1 Å². The van der Waals surface area contributed by atoms with Crippen LogP contribution in [0.1, 0.15) is 11.1 Å². The number of anilines is 1. The number of fused-ring (bicyclic) bond motifs is 1. The summed E-state index contributed by atoms with van der Waals surface area (Å²) < 4.78 is 2.06. The lowest BCUT2D eigenvalue weighted by Crippen LogP contribution is -1.99. The lowest BCUT2D eigenvalue weighted by atomic mass is 10.1. The van der Waals surface area contributed by atoms with E-state index in [-0.39, 0.29) is 6.61 Å². The molecule has 0 aliphatic heterocycles. The fraction of sp³-hybridized carbons (Fsp3) is 0.0769. The van der Waals surface area contributed by atoms with Gasteiger partial charge in [0.15, 0.2) is 5.65 Å². The molecule has 0 aliphatic carbocycles. The van der Waals surface area contributed by atoms with Gasteiger partial charge in [-0.25, -0.2) is 4.98 Å². The quantitative estimate of drug-likeness (QED) is 0.408. The number of benzene rings is 3. The van der Waals surface area contributed by atoms with Crippen LogP contribution >= 0.6 is 0 Å². The van der Waals surface area contributed by atoms with Crippen LogP contribution in [0.4, 0.5) is 5.69 Å². The zero-order chi connectivity index (χ0) is 21.0. The number of nitrogens with zero attached hydrogens (tertiary/aromatic N) is 3. The van der Waals surface area contributed by atoms with E-state index in [1.54, 1.807) is 6.20 Å². The fourth-order valence-electron chi connectivity index (χ4n) is 3.59. The number of hydrogen-bond acceptors (Lipinski definition) is 4. The van der Waals surface area contributed by atoms with E-state index in [0.717, 1.165) is 46.0 Å². The van der Waals surface area contributed by atoms with Gasteiger partial charge in [0.2, 0.25) is 0 Å². The Labute approximate surface area is 180 Å². The van der Waals surface area contributed by atoms with Gasteiger partial charge >= 0.3 is 0 Å². The first-order valence-electron chi connectivity index (χ1n) is 10.2. The minimum atomic E-state index is 0.0400. The minimum absolute atomic E-state index is 0.0400. The number of aliphatic hydroxyl groups excluding tert-OH is 1. The summed E-state index contributed by atoms with van der Waals surface area (Å²) >= 11 is 0. The summed E-state index contributed by atoms with van der Waals surface area (Å²) in [6.07, 6.45) is 5.67. The van der Waals surface area contributed by atoms with Crippen molar-refractivity contribution < 1.29 is 5.11 Å². The van der Waals surface area contributed by atoms with Crippen molar-refractivity contribution in [3.63, 3.8) is 0 Å². The van der Waals surface area contributed by atoms with Crippen LogP contribution in [-0.2, 0) is 13.2 Å². The van der Waals surface area contributed by atoms with E-state index >= 15 is 0 Å². The van der Waals surface area contributed by atoms with E-state index in [1.807, 2.05) is 54.9 Å². The molecule has 5 nitrogen and oxygen atoms in total. The molecule has 2 aromatic heterocycles. The predicted molar refractivity (Wildman–Crippen MR) is 124 cm³/mol. The largest absolute Gasteiger partial charge is 0.392 e. The first-order valence-corrected chi connectivity index (χ1v) is 10.2. The maximum absolute atomic E-state index is 9.27. The topological polar surface area (TPSA) is 62.5 Å². The summed E-state index contributed by atoms with van der Waals surface area (Å²) in [7, 11) is 0. The smallest absolute Gasteiger partial charge is 0.155 e. The number of aromatic nitrogens is 3. The van der Waals surface area contributed by atoms with Gasteiger partial charge in [-0.15, -0.1) is 0 Å². The predicted octanol–water partition coefficient (Wildman–Crippen LogP) is 5.17. The normalized spacial score (nSPS) is 11.0. The second-order valence-electron chi connectivity index (χ2n) is 7.42. The van der Waals surface area contributed by atoms with Gasteiger partial charge in [-0.1, -0.05) is 66.7 Å². The van der Waals surface area contributed by atoms with E-state index < -0.39 is 0 Å². The molecule has 0 amide bonds. The van der Waals surface area contributed by atoms with Crippen molar-refractivity contribution >= 4 is 11.3 Å². The zero-order valence-corrected chi connectivity index (χ0v) is 16.9. The van der Waals surface area contributed by atoms with Gasteiger partial charge in [0, 0.05) is 29.6 Å². The Bertz CT molecular complexity index is 1290. The van der Waals surface area contributed by atoms with Crippen LogP contribution in [0.2, 0.25) is 0 Å². The number of hydrogen-bond donors (Lipinski definition) is 2. The van der Waals surface area contributed by atoms with E-state index in [1.165, 1.54) is 5.56 Å². The van der Waals surface area contributed by atoms with Crippen LogP contribution in [0.15, 0.2) is 97.5 Å². The number of rotatable bonds is 6. The number of aliphatic hydroxyl groups is 1. The van der Waals surface area contributed by atoms with Crippen LogP contribution in [0.25, 0.3) is 28.2 Å². The molecule has 2 heterocycles. The highest BCUT2D eigenvalue weighted by molar-refractivity contribution is 5.66. The zero-order valence-electron chi connectivity index (χ0n) is 16.9. The standard InChI is InChI=1S/C26H22N4O/c31-18-20-8-12-22(13-9-20)25-15-29-26-16-28-24(17-30(25)26)21-10-6-19(7-11-21)14-27-23-4-2-1-3-5-23/h1-13,15-17,27,31H,14,18H2. The number of nitrogens with one attached hydrogen (secondary N) is 1. The molecule has 0 aliphatic rings. The molecule has 5 rings (SSSR count). The third kappa shape index (κ3) is 4.04. The second kappa shape index (κ2) is 8.42. The molecular weight excluding hydrogens is 384 g/mol. The molecule has 0 saturated carbocycles. The number of para-hydroxylation sites is 1. The highest BCUT2D eigenvalue weighted by atomic mass is 16.3. The molecule has 5 heteroatoms. The molecule has 31 heavy (non-hydrogen) atoms. The minimum Gasteiger partial charge on any atom is -0.392 e. The Balaban J connectivity index is 1.39. The van der Waals surface area contributed by atoms with Crippen molar-refractivity contribution in [3.8, 4) is 22.5 Å². The molecule has 0 unspecified atom stereocenters. The van der Waals surface area contributed by atoms with Crippen molar-refractivity contribution in [2.45, 2.75) is 13.2 Å². The molecule has 5 aromatic rings. The van der Waals surface area contributed by atoms with Crippen LogP contribution in [0.3, 0.4) is 0 Å². The molecule has 152 valence electrons. The summed E-state index contributed by atoms with van der Waals surface area (Å²) in [5, 5.41) is 12.7. The lowest BCUT2D eigenvalue weighted by Gasteiger charge is -2.08. The maximum Gasteiger partial charge on any atom is 0.155 e. The van der Waals surface area contributed by atoms with Crippen LogP contribution < -0.4 is 5.32 Å². The van der Waals surface area contributed by atoms with Crippen molar-refractivity contribution in [1.29, 1.82) is 0 Å². The SMILES string of the molecule is OCc1ccc(-c2cnc3cnc(-c4ccc(CNc5ccccc5)cc4)cn23)cc1. The Morgan fingerprint density at radius 2 is 1.45 bits per heavy atom. The Morgan fingerprint density at radius 1 is 0.742 bits per heavy atom. The second-order valence-corrected chi connectivity index (χ2v) is 7.42. The van der Waals surface area contributed by atoms with Crippen LogP contribution in [0.5, 0.6) is 0 Å². The molecule has 0 bridgehead atoms. The van der Waals surface area contributed by atoms with Crippen molar-refractivity contribution in [3.05, 3.63) is 109 Å². The Hall–Kier alpha value is -3.96. The summed E-state index contributed by atoms with van der Waals surface area (Å²) in [4.78, 5) is 9.09. The van der Waals surface area contributed by atoms with Crippen molar-refractivity contribution in [2.75, 3.05) is 5.32 Å². The van der Waals surface area contributed by atoms with Crippen LogP contribution in [-0.4, -0.2) is 19.5 Å². The highest BCUT2D eigenvalue weighted by Gasteiger charge is 2.09. The van der Waals surface area contributed by atoms with Gasteiger partial charge in [-0.3, -0.25) is 9.38 Å². The molecule has 0 radical (unpaired) electrons. The van der Waals surface area contributed by atoms with Gasteiger partial charge in [-0.2, -0.15) is 0 Å². The molecule has 0 saturated heterocycles. The molecule has 3 aromatic carbocycles. The van der Waals surface area contributed by atoms with Gasteiger partial charge in [0.1, 0.15) is 0 Å². The molecule has 0 spiro atoms. The van der Waals surface area contributed by atoms with Crippen molar-refractivity contribution in [1.82, 2.24) is 14.4 Å². The highest BCUT2D eigenvalue weighted by Crippen LogP contribution is 2.24. The summed E-state index contributed by atoms with van der Waals surface area (Å²) in [5.74, 6) is 0. The van der Waals surface area contributed by atoms with Crippen LogP contribution in [0, 0.1) is 0 Å². The third-order valence-electron chi connectivity index (χ3n) is 5.35. The molecule has 2 N–H and O–H groups in total. The summed E-state index contributed by atoms with van der Waals surface area (Å²) in [6, 6.07) is 26.5. The molecule has 0 atom stereocenters. The van der Waals surface area contributed by atoms with Crippen molar-refractivity contribution in [2.24, 2.45) is 0 Å². The van der Waals surface area contributed by atoms with E-state index in [9.17, 15) is 5.11 Å². The lowest BCUT2D eigenvalue weighted by molar-refractivity contribution is 0.282. The third-order valence-corrected chi connectivity index (χ3v) is 5.35. The summed E-state index contributed by atoms with van der Waals surface area (Å²) in [6.45, 7) is 0.810. The first kappa shape index (κ1) is 19.0. The summed E-state index contributed by atoms with van der Waals surface area (Å²) in [5.41, 5.74) is 7.99. The molecular formula is C26H22N4O. The van der Waals surface area contributed by atoms with Gasteiger partial charge in [-0.05, 0) is 23.3 Å². The fourth-order valence-corrected chi connectivity index (χ4v) is 3.59. The number of imidazole rings is 1. The average Bonchev–Trinajstić information content (AvgIpc) is 3.27. The first-order chi connectivity index (χ1) is 15.3. The monoisotopic (exact) mass is 406 g/mol. The Morgan fingerprint density at radius 3 is 2.19 bits per heavy atom. The molecule has 0 fully saturated rings. The van der Waals surface area contributed by atoms with E-state index in [0.29, 0.717) is 0 Å². The van der Waals surface area contributed by atoms with E-state index in [4.69, 9.17) is 0 Å². The Kier molecular flexibility index (Phi) is 5.17. The van der Waals surface area contributed by atoms with Gasteiger partial charge in [0.05, 0.1) is 30.4 Å². The average molecular weight is 406 g/mol. The maximum atomic E-state index is 9.27. The van der Waals surface area contributed by atoms with Gasteiger partial charge < -0.3 is 10.4 Å². The van der Waals surface area contributed by atoms with Gasteiger partial charge in [0.25, 0.3) is 0 Å².